The first kappa shape index (κ1) is 21.3. The van der Waals surface area contributed by atoms with E-state index < -0.39 is 10.1 Å². The molecule has 0 fully saturated rings. The monoisotopic (exact) mass is 404 g/mol. The number of allylic oxidation sites excluding steroid dienone is 2. The first-order chi connectivity index (χ1) is 13.1. The number of benzene rings is 1. The highest BCUT2D eigenvalue weighted by Crippen LogP contribution is 2.30. The number of nitriles is 1. The number of oxime groups is 1. The van der Waals surface area contributed by atoms with Crippen molar-refractivity contribution in [2.75, 3.05) is 5.75 Å². The normalized spacial score (nSPS) is 17.1. The standard InChI is InChI=1S/C20H24N2O3S2/c1-2-3-4-5-6-10-15-27(23,24)25-22-20-18(13-14-26-20)19(16-21)17-11-8-7-9-12-17/h7-9,11-14H,2-6,10,15H2,1H3/b19-18+,22-20-. The molecule has 2 rings (SSSR count). The van der Waals surface area contributed by atoms with Gasteiger partial charge in [-0.25, -0.2) is 0 Å². The molecule has 5 nitrogen and oxygen atoms in total. The zero-order valence-corrected chi connectivity index (χ0v) is 17.1. The summed E-state index contributed by atoms with van der Waals surface area (Å²) in [5.41, 5.74) is 1.76. The van der Waals surface area contributed by atoms with Gasteiger partial charge in [0.05, 0.1) is 11.3 Å². The van der Waals surface area contributed by atoms with Gasteiger partial charge >= 0.3 is 10.1 Å². The Kier molecular flexibility index (Phi) is 8.62. The van der Waals surface area contributed by atoms with Crippen LogP contribution in [0.4, 0.5) is 0 Å². The van der Waals surface area contributed by atoms with Gasteiger partial charge in [0.2, 0.25) is 0 Å². The van der Waals surface area contributed by atoms with Gasteiger partial charge in [-0.1, -0.05) is 86.3 Å². The van der Waals surface area contributed by atoms with Crippen LogP contribution in [-0.2, 0) is 14.4 Å². The molecule has 27 heavy (non-hydrogen) atoms. The second-order valence-electron chi connectivity index (χ2n) is 6.19. The van der Waals surface area contributed by atoms with E-state index in [1.165, 1.54) is 18.2 Å². The third-order valence-corrected chi connectivity index (χ3v) is 5.95. The first-order valence-corrected chi connectivity index (χ1v) is 11.6. The van der Waals surface area contributed by atoms with Crippen LogP contribution in [0.25, 0.3) is 5.57 Å². The Bertz CT molecular complexity index is 851. The van der Waals surface area contributed by atoms with E-state index in [-0.39, 0.29) is 5.75 Å². The van der Waals surface area contributed by atoms with Crippen LogP contribution in [0, 0.1) is 11.3 Å². The minimum Gasteiger partial charge on any atom is -0.267 e. The lowest BCUT2D eigenvalue weighted by Crippen LogP contribution is -2.09. The summed E-state index contributed by atoms with van der Waals surface area (Å²) in [6.07, 6.45) is 7.69. The van der Waals surface area contributed by atoms with Gasteiger partial charge in [-0.3, -0.25) is 4.28 Å². The summed E-state index contributed by atoms with van der Waals surface area (Å²) in [4.78, 5) is 0. The molecule has 0 amide bonds. The molecule has 0 saturated carbocycles. The van der Waals surface area contributed by atoms with Crippen LogP contribution in [-0.4, -0.2) is 19.2 Å². The number of nitrogens with zero attached hydrogens (tertiary/aromatic N) is 2. The number of hydrogen-bond acceptors (Lipinski definition) is 6. The van der Waals surface area contributed by atoms with Crippen LogP contribution in [0.3, 0.4) is 0 Å². The molecular weight excluding hydrogens is 380 g/mol. The number of hydrogen-bond donors (Lipinski definition) is 0. The van der Waals surface area contributed by atoms with Gasteiger partial charge in [0, 0.05) is 5.57 Å². The quantitative estimate of drug-likeness (QED) is 0.302. The number of unbranched alkanes of at least 4 members (excludes halogenated alkanes) is 5. The van der Waals surface area contributed by atoms with Crippen molar-refractivity contribution < 1.29 is 12.7 Å². The Morgan fingerprint density at radius 1 is 1.15 bits per heavy atom. The van der Waals surface area contributed by atoms with Gasteiger partial charge in [-0.15, -0.1) is 0 Å². The van der Waals surface area contributed by atoms with Crippen molar-refractivity contribution in [3.8, 4) is 6.07 Å². The van der Waals surface area contributed by atoms with E-state index in [1.54, 1.807) is 11.5 Å². The average molecular weight is 405 g/mol. The average Bonchev–Trinajstić information content (AvgIpc) is 3.13. The van der Waals surface area contributed by atoms with E-state index in [9.17, 15) is 13.7 Å². The molecule has 7 heteroatoms. The Labute approximate surface area is 165 Å². The summed E-state index contributed by atoms with van der Waals surface area (Å²) in [7, 11) is -3.72. The van der Waals surface area contributed by atoms with Crippen LogP contribution in [0.15, 0.2) is 52.5 Å². The summed E-state index contributed by atoms with van der Waals surface area (Å²) in [6.45, 7) is 2.14. The minimum absolute atomic E-state index is 0.0448. The maximum atomic E-state index is 12.1. The molecule has 0 saturated heterocycles. The first-order valence-electron chi connectivity index (χ1n) is 9.10. The lowest BCUT2D eigenvalue weighted by atomic mass is 10.0. The molecule has 0 N–H and O–H groups in total. The highest BCUT2D eigenvalue weighted by molar-refractivity contribution is 8.17. The lowest BCUT2D eigenvalue weighted by molar-refractivity contribution is 0.339. The molecule has 1 aromatic carbocycles. The van der Waals surface area contributed by atoms with Crippen LogP contribution in [0.2, 0.25) is 0 Å². The predicted molar refractivity (Wildman–Crippen MR) is 111 cm³/mol. The highest BCUT2D eigenvalue weighted by Gasteiger charge is 2.20. The highest BCUT2D eigenvalue weighted by atomic mass is 32.2. The lowest BCUT2D eigenvalue weighted by Gasteiger charge is -2.05. The summed E-state index contributed by atoms with van der Waals surface area (Å²) in [5.74, 6) is -0.0448. The van der Waals surface area contributed by atoms with Crippen molar-refractivity contribution in [3.63, 3.8) is 0 Å². The fourth-order valence-electron chi connectivity index (χ4n) is 2.63. The van der Waals surface area contributed by atoms with Gasteiger partial charge in [-0.05, 0) is 23.5 Å². The van der Waals surface area contributed by atoms with Crippen molar-refractivity contribution in [3.05, 3.63) is 53.0 Å². The Morgan fingerprint density at radius 3 is 2.56 bits per heavy atom. The van der Waals surface area contributed by atoms with Crippen molar-refractivity contribution >= 4 is 32.5 Å². The predicted octanol–water partition coefficient (Wildman–Crippen LogP) is 5.24. The molecule has 144 valence electrons. The van der Waals surface area contributed by atoms with Gasteiger partial charge in [0.25, 0.3) is 0 Å². The maximum absolute atomic E-state index is 12.1. The molecule has 1 heterocycles. The summed E-state index contributed by atoms with van der Waals surface area (Å²) in [6, 6.07) is 11.4. The molecule has 0 unspecified atom stereocenters. The fraction of sp³-hybridized carbons (Fsp3) is 0.400. The number of thioether (sulfide) groups is 1. The van der Waals surface area contributed by atoms with Gasteiger partial charge in [0.15, 0.2) is 0 Å². The van der Waals surface area contributed by atoms with Gasteiger partial charge in [-0.2, -0.15) is 13.7 Å². The SMILES string of the molecule is CCCCCCCCS(=O)(=O)O/N=C1\SC=C\C1=C(\C#N)c1ccccc1. The van der Waals surface area contributed by atoms with Crippen molar-refractivity contribution in [2.45, 2.75) is 45.4 Å². The largest absolute Gasteiger partial charge is 0.328 e. The van der Waals surface area contributed by atoms with E-state index in [2.05, 4.69) is 18.1 Å². The van der Waals surface area contributed by atoms with E-state index in [0.29, 0.717) is 22.6 Å². The molecule has 0 bridgehead atoms. The Balaban J connectivity index is 2.01. The topological polar surface area (TPSA) is 79.5 Å². The van der Waals surface area contributed by atoms with Crippen molar-refractivity contribution in [1.82, 2.24) is 0 Å². The molecule has 1 aliphatic heterocycles. The molecule has 0 atom stereocenters. The smallest absolute Gasteiger partial charge is 0.267 e. The van der Waals surface area contributed by atoms with E-state index >= 15 is 0 Å². The second kappa shape index (κ2) is 11.0. The number of rotatable bonds is 10. The third-order valence-electron chi connectivity index (χ3n) is 4.07. The molecule has 0 spiro atoms. The maximum Gasteiger partial charge on any atom is 0.328 e. The van der Waals surface area contributed by atoms with Gasteiger partial charge in [0.1, 0.15) is 11.1 Å². The second-order valence-corrected chi connectivity index (χ2v) is 8.75. The van der Waals surface area contributed by atoms with Crippen LogP contribution in [0.5, 0.6) is 0 Å². The Morgan fingerprint density at radius 2 is 1.85 bits per heavy atom. The minimum atomic E-state index is -3.72. The molecule has 1 aromatic rings. The van der Waals surface area contributed by atoms with E-state index in [4.69, 9.17) is 4.28 Å². The van der Waals surface area contributed by atoms with Gasteiger partial charge < -0.3 is 0 Å². The third kappa shape index (κ3) is 6.89. The molecule has 0 aromatic heterocycles. The van der Waals surface area contributed by atoms with E-state index in [1.807, 2.05) is 30.3 Å². The summed E-state index contributed by atoms with van der Waals surface area (Å²) in [5, 5.41) is 15.5. The summed E-state index contributed by atoms with van der Waals surface area (Å²) >= 11 is 1.24. The van der Waals surface area contributed by atoms with Crippen LogP contribution >= 0.6 is 11.8 Å². The van der Waals surface area contributed by atoms with Crippen LogP contribution in [0.1, 0.15) is 51.0 Å². The zero-order chi connectivity index (χ0) is 19.5. The molecule has 1 aliphatic rings. The summed E-state index contributed by atoms with van der Waals surface area (Å²) < 4.78 is 29.0. The molecule has 0 aliphatic carbocycles. The molecular formula is C20H24N2O3S2. The fourth-order valence-corrected chi connectivity index (χ4v) is 4.21. The zero-order valence-electron chi connectivity index (χ0n) is 15.4. The molecule has 0 radical (unpaired) electrons. The van der Waals surface area contributed by atoms with E-state index in [0.717, 1.165) is 31.2 Å². The van der Waals surface area contributed by atoms with Crippen LogP contribution < -0.4 is 0 Å². The van der Waals surface area contributed by atoms with Crippen molar-refractivity contribution in [1.29, 1.82) is 5.26 Å². The Hall–Kier alpha value is -2.04. The van der Waals surface area contributed by atoms with Crippen molar-refractivity contribution in [2.24, 2.45) is 5.16 Å².